The Morgan fingerprint density at radius 3 is 1.71 bits per heavy atom. The largest absolute Gasteiger partial charge is 0.394 e. The zero-order valence-electron chi connectivity index (χ0n) is 33.3. The van der Waals surface area contributed by atoms with E-state index in [1.54, 1.807) is 0 Å². The van der Waals surface area contributed by atoms with E-state index in [4.69, 9.17) is 9.47 Å². The number of carbonyl (C=O) groups excluding carboxylic acids is 1. The number of allylic oxidation sites excluding steroid dienone is 4. The topological polar surface area (TPSA) is 149 Å². The number of rotatable bonds is 35. The molecule has 52 heavy (non-hydrogen) atoms. The highest BCUT2D eigenvalue weighted by Crippen LogP contribution is 2.23. The molecule has 9 nitrogen and oxygen atoms in total. The van der Waals surface area contributed by atoms with E-state index >= 15 is 0 Å². The van der Waals surface area contributed by atoms with Crippen molar-refractivity contribution in [2.45, 2.75) is 230 Å². The third kappa shape index (κ3) is 24.9. The number of unbranched alkanes of at least 4 members (excludes halogenated alkanes) is 21. The van der Waals surface area contributed by atoms with Crippen molar-refractivity contribution in [2.24, 2.45) is 0 Å². The summed E-state index contributed by atoms with van der Waals surface area (Å²) in [4.78, 5) is 12.9. The molecule has 6 N–H and O–H groups in total. The molecule has 1 heterocycles. The summed E-state index contributed by atoms with van der Waals surface area (Å²) in [5.41, 5.74) is 0. The van der Waals surface area contributed by atoms with Crippen LogP contribution in [0.5, 0.6) is 0 Å². The number of amides is 1. The lowest BCUT2D eigenvalue weighted by molar-refractivity contribution is -0.302. The van der Waals surface area contributed by atoms with Crippen molar-refractivity contribution in [1.29, 1.82) is 0 Å². The van der Waals surface area contributed by atoms with Crippen molar-refractivity contribution in [3.05, 3.63) is 24.3 Å². The van der Waals surface area contributed by atoms with Crippen LogP contribution in [0.4, 0.5) is 0 Å². The molecular formula is C43H81NO8. The molecule has 9 heteroatoms. The molecule has 0 bridgehead atoms. The van der Waals surface area contributed by atoms with E-state index in [0.29, 0.717) is 12.8 Å². The highest BCUT2D eigenvalue weighted by molar-refractivity contribution is 5.76. The quantitative estimate of drug-likeness (QED) is 0.0281. The van der Waals surface area contributed by atoms with E-state index < -0.39 is 49.5 Å². The summed E-state index contributed by atoms with van der Waals surface area (Å²) < 4.78 is 11.2. The molecule has 0 radical (unpaired) electrons. The van der Waals surface area contributed by atoms with Crippen molar-refractivity contribution in [2.75, 3.05) is 13.2 Å². The third-order valence-corrected chi connectivity index (χ3v) is 10.3. The van der Waals surface area contributed by atoms with Crippen molar-refractivity contribution >= 4 is 5.91 Å². The molecule has 0 aromatic heterocycles. The van der Waals surface area contributed by atoms with Gasteiger partial charge in [-0.1, -0.05) is 167 Å². The second-order valence-electron chi connectivity index (χ2n) is 15.1. The van der Waals surface area contributed by atoms with E-state index in [9.17, 15) is 30.3 Å². The van der Waals surface area contributed by atoms with Gasteiger partial charge in [0.15, 0.2) is 6.29 Å². The van der Waals surface area contributed by atoms with Gasteiger partial charge in [0.05, 0.1) is 25.4 Å². The Bertz CT molecular complexity index is 868. The molecule has 0 aromatic rings. The van der Waals surface area contributed by atoms with Crippen molar-refractivity contribution in [1.82, 2.24) is 5.32 Å². The van der Waals surface area contributed by atoms with Gasteiger partial charge in [0.1, 0.15) is 24.4 Å². The molecule has 1 saturated heterocycles. The van der Waals surface area contributed by atoms with Crippen LogP contribution in [-0.4, -0.2) is 87.5 Å². The summed E-state index contributed by atoms with van der Waals surface area (Å²) >= 11 is 0. The van der Waals surface area contributed by atoms with E-state index in [2.05, 4.69) is 43.5 Å². The summed E-state index contributed by atoms with van der Waals surface area (Å²) in [7, 11) is 0. The maximum atomic E-state index is 12.9. The minimum Gasteiger partial charge on any atom is -0.394 e. The molecule has 0 saturated carbocycles. The van der Waals surface area contributed by atoms with E-state index in [1.165, 1.54) is 96.3 Å². The van der Waals surface area contributed by atoms with Crippen LogP contribution < -0.4 is 5.32 Å². The Morgan fingerprint density at radius 1 is 0.654 bits per heavy atom. The number of hydrogen-bond donors (Lipinski definition) is 6. The molecule has 1 rings (SSSR count). The lowest BCUT2D eigenvalue weighted by Crippen LogP contribution is -2.60. The van der Waals surface area contributed by atoms with Gasteiger partial charge in [-0.25, -0.2) is 0 Å². The Kier molecular flexibility index (Phi) is 32.0. The Hall–Kier alpha value is -1.33. The fourth-order valence-corrected chi connectivity index (χ4v) is 6.76. The summed E-state index contributed by atoms with van der Waals surface area (Å²) in [6, 6.07) is -0.722. The molecule has 0 aromatic carbocycles. The van der Waals surface area contributed by atoms with Crippen LogP contribution in [0.25, 0.3) is 0 Å². The fraction of sp³-hybridized carbons (Fsp3) is 0.884. The van der Waals surface area contributed by atoms with Gasteiger partial charge in [-0.3, -0.25) is 4.79 Å². The highest BCUT2D eigenvalue weighted by atomic mass is 16.7. The van der Waals surface area contributed by atoms with Crippen molar-refractivity contribution in [3.63, 3.8) is 0 Å². The summed E-state index contributed by atoms with van der Waals surface area (Å²) in [5, 5.41) is 54.2. The first-order valence-corrected chi connectivity index (χ1v) is 21.5. The number of hydrogen-bond acceptors (Lipinski definition) is 8. The first-order chi connectivity index (χ1) is 25.3. The van der Waals surface area contributed by atoms with Gasteiger partial charge < -0.3 is 40.3 Å². The van der Waals surface area contributed by atoms with Gasteiger partial charge in [-0.05, 0) is 38.5 Å². The van der Waals surface area contributed by atoms with E-state index in [0.717, 1.165) is 64.2 Å². The third-order valence-electron chi connectivity index (χ3n) is 10.3. The zero-order valence-corrected chi connectivity index (χ0v) is 33.3. The van der Waals surface area contributed by atoms with Gasteiger partial charge in [0.2, 0.25) is 5.91 Å². The summed E-state index contributed by atoms with van der Waals surface area (Å²) in [6.45, 7) is 3.77. The van der Waals surface area contributed by atoms with Crippen LogP contribution in [-0.2, 0) is 14.3 Å². The maximum absolute atomic E-state index is 12.9. The molecule has 7 unspecified atom stereocenters. The van der Waals surface area contributed by atoms with Crippen molar-refractivity contribution in [3.8, 4) is 0 Å². The molecule has 7 atom stereocenters. The van der Waals surface area contributed by atoms with E-state index in [-0.39, 0.29) is 12.5 Å². The first-order valence-electron chi connectivity index (χ1n) is 21.5. The number of aliphatic hydroxyl groups is 5. The average Bonchev–Trinajstić information content (AvgIpc) is 3.14. The summed E-state index contributed by atoms with van der Waals surface area (Å²) in [5.74, 6) is -0.159. The molecule has 1 amide bonds. The van der Waals surface area contributed by atoms with Crippen LogP contribution in [0, 0.1) is 0 Å². The van der Waals surface area contributed by atoms with Gasteiger partial charge >= 0.3 is 0 Å². The van der Waals surface area contributed by atoms with Gasteiger partial charge in [-0.15, -0.1) is 0 Å². The monoisotopic (exact) mass is 740 g/mol. The van der Waals surface area contributed by atoms with E-state index in [1.807, 2.05) is 0 Å². The minimum atomic E-state index is -1.55. The van der Waals surface area contributed by atoms with Gasteiger partial charge in [0, 0.05) is 6.42 Å². The second kappa shape index (κ2) is 34.2. The predicted molar refractivity (Wildman–Crippen MR) is 212 cm³/mol. The summed E-state index contributed by atoms with van der Waals surface area (Å²) in [6.07, 6.45) is 31.7. The van der Waals surface area contributed by atoms with Crippen LogP contribution in [0.1, 0.15) is 187 Å². The molecule has 1 fully saturated rings. The number of aliphatic hydroxyl groups excluding tert-OH is 5. The van der Waals surface area contributed by atoms with Crippen LogP contribution in [0.3, 0.4) is 0 Å². The molecule has 0 aliphatic carbocycles. The number of carbonyl (C=O) groups is 1. The van der Waals surface area contributed by atoms with Crippen LogP contribution in [0.15, 0.2) is 24.3 Å². The highest BCUT2D eigenvalue weighted by Gasteiger charge is 2.44. The SMILES string of the molecule is CCCC/C=C\C/C=C\CCCCCCCC(=O)NC(COC1OC(CO)C(O)C(O)C1O)C(O)CCCCCCCCCCCCCCCCC. The van der Waals surface area contributed by atoms with Crippen LogP contribution in [0.2, 0.25) is 0 Å². The standard InChI is InChI=1S/C43H81NO8/c1-3-5-7-9-11-13-15-17-19-20-22-24-26-28-30-32-37(46)36(35-51-43-42(50)41(49)40(48)38(34-45)52-43)44-39(47)33-31-29-27-25-23-21-18-16-14-12-10-8-6-4-2/h10,12,16,18,36-38,40-43,45-46,48-50H,3-9,11,13-15,17,19-35H2,1-2H3,(H,44,47)/b12-10-,18-16-. The predicted octanol–water partition coefficient (Wildman–Crippen LogP) is 8.33. The van der Waals surface area contributed by atoms with Gasteiger partial charge in [0.25, 0.3) is 0 Å². The minimum absolute atomic E-state index is 0.142. The Morgan fingerprint density at radius 2 is 1.15 bits per heavy atom. The fourth-order valence-electron chi connectivity index (χ4n) is 6.76. The first kappa shape index (κ1) is 48.7. The lowest BCUT2D eigenvalue weighted by Gasteiger charge is -2.40. The van der Waals surface area contributed by atoms with Crippen molar-refractivity contribution < 1.29 is 39.8 Å². The molecular weight excluding hydrogens is 658 g/mol. The second-order valence-corrected chi connectivity index (χ2v) is 15.1. The maximum Gasteiger partial charge on any atom is 0.220 e. The number of nitrogens with one attached hydrogen (secondary N) is 1. The molecule has 1 aliphatic heterocycles. The lowest BCUT2D eigenvalue weighted by atomic mass is 9.99. The molecule has 306 valence electrons. The van der Waals surface area contributed by atoms with Gasteiger partial charge in [-0.2, -0.15) is 0 Å². The van der Waals surface area contributed by atoms with Crippen LogP contribution >= 0.6 is 0 Å². The number of ether oxygens (including phenoxy) is 2. The zero-order chi connectivity index (χ0) is 38.1. The molecule has 1 aliphatic rings. The Balaban J connectivity index is 2.38. The normalized spacial score (nSPS) is 22.0. The molecule has 0 spiro atoms. The average molecular weight is 740 g/mol. The Labute approximate surface area is 318 Å². The smallest absolute Gasteiger partial charge is 0.220 e.